The fraction of sp³-hybridized carbons (Fsp3) is 0.615. The number of carbonyl (C=O) groups excluding carboxylic acids is 1. The highest BCUT2D eigenvalue weighted by Crippen LogP contribution is 2.29. The highest BCUT2D eigenvalue weighted by Gasteiger charge is 2.24. The van der Waals surface area contributed by atoms with E-state index < -0.39 is 11.5 Å². The predicted molar refractivity (Wildman–Crippen MR) is 75.9 cm³/mol. The SMILES string of the molecule is COC(=O)Cn1ncc(NC2CCCC2C)c(Cl)c1=O. The van der Waals surface area contributed by atoms with E-state index in [9.17, 15) is 9.59 Å². The minimum absolute atomic E-state index is 0.0583. The van der Waals surface area contributed by atoms with E-state index in [2.05, 4.69) is 22.1 Å². The van der Waals surface area contributed by atoms with Crippen molar-refractivity contribution in [3.63, 3.8) is 0 Å². The molecule has 20 heavy (non-hydrogen) atoms. The van der Waals surface area contributed by atoms with Crippen LogP contribution in [0.2, 0.25) is 5.02 Å². The fourth-order valence-corrected chi connectivity index (χ4v) is 2.63. The van der Waals surface area contributed by atoms with Gasteiger partial charge in [-0.15, -0.1) is 0 Å². The Bertz CT molecular complexity index is 558. The molecule has 0 aromatic carbocycles. The quantitative estimate of drug-likeness (QED) is 0.856. The zero-order valence-electron chi connectivity index (χ0n) is 11.6. The molecule has 1 fully saturated rings. The van der Waals surface area contributed by atoms with Gasteiger partial charge in [-0.05, 0) is 18.8 Å². The monoisotopic (exact) mass is 299 g/mol. The van der Waals surface area contributed by atoms with Gasteiger partial charge in [-0.3, -0.25) is 9.59 Å². The molecular weight excluding hydrogens is 282 g/mol. The van der Waals surface area contributed by atoms with Crippen LogP contribution in [-0.2, 0) is 16.1 Å². The van der Waals surface area contributed by atoms with Gasteiger partial charge in [0.15, 0.2) is 0 Å². The highest BCUT2D eigenvalue weighted by atomic mass is 35.5. The fourth-order valence-electron chi connectivity index (χ4n) is 2.42. The third-order valence-corrected chi connectivity index (χ3v) is 4.06. The summed E-state index contributed by atoms with van der Waals surface area (Å²) < 4.78 is 5.50. The van der Waals surface area contributed by atoms with Gasteiger partial charge in [0.1, 0.15) is 11.6 Å². The molecule has 0 radical (unpaired) electrons. The van der Waals surface area contributed by atoms with Crippen LogP contribution in [0.3, 0.4) is 0 Å². The second kappa shape index (κ2) is 6.26. The highest BCUT2D eigenvalue weighted by molar-refractivity contribution is 6.32. The molecule has 110 valence electrons. The van der Waals surface area contributed by atoms with Gasteiger partial charge < -0.3 is 10.1 Å². The number of rotatable bonds is 4. The van der Waals surface area contributed by atoms with Gasteiger partial charge in [0.25, 0.3) is 5.56 Å². The lowest BCUT2D eigenvalue weighted by Gasteiger charge is -2.19. The molecule has 0 spiro atoms. The summed E-state index contributed by atoms with van der Waals surface area (Å²) in [5.41, 5.74) is 0.0317. The third kappa shape index (κ3) is 3.12. The lowest BCUT2D eigenvalue weighted by atomic mass is 10.1. The van der Waals surface area contributed by atoms with E-state index in [-0.39, 0.29) is 11.6 Å². The first kappa shape index (κ1) is 14.8. The van der Waals surface area contributed by atoms with E-state index in [1.807, 2.05) is 0 Å². The first-order valence-corrected chi connectivity index (χ1v) is 6.99. The normalized spacial score (nSPS) is 21.8. The van der Waals surface area contributed by atoms with E-state index in [0.29, 0.717) is 17.6 Å². The predicted octanol–water partition coefficient (Wildman–Crippen LogP) is 1.67. The molecule has 0 saturated heterocycles. The van der Waals surface area contributed by atoms with Crippen LogP contribution in [0.25, 0.3) is 0 Å². The molecule has 7 heteroatoms. The smallest absolute Gasteiger partial charge is 0.327 e. The Kier molecular flexibility index (Phi) is 4.65. The first-order chi connectivity index (χ1) is 9.52. The van der Waals surface area contributed by atoms with Crippen LogP contribution in [0.15, 0.2) is 11.0 Å². The van der Waals surface area contributed by atoms with Gasteiger partial charge in [-0.2, -0.15) is 5.10 Å². The number of hydrogen-bond acceptors (Lipinski definition) is 5. The molecular formula is C13H18ClN3O3. The van der Waals surface area contributed by atoms with Gasteiger partial charge in [0.2, 0.25) is 0 Å². The Hall–Kier alpha value is -1.56. The van der Waals surface area contributed by atoms with Gasteiger partial charge >= 0.3 is 5.97 Å². The van der Waals surface area contributed by atoms with E-state index in [4.69, 9.17) is 11.6 Å². The molecule has 1 aliphatic rings. The summed E-state index contributed by atoms with van der Waals surface area (Å²) in [6.45, 7) is 1.93. The number of ether oxygens (including phenoxy) is 1. The van der Waals surface area contributed by atoms with Crippen molar-refractivity contribution in [3.05, 3.63) is 21.6 Å². The zero-order chi connectivity index (χ0) is 14.7. The number of nitrogens with one attached hydrogen (secondary N) is 1. The number of aromatic nitrogens is 2. The minimum Gasteiger partial charge on any atom is -0.468 e. The number of anilines is 1. The summed E-state index contributed by atoms with van der Waals surface area (Å²) in [7, 11) is 1.26. The first-order valence-electron chi connectivity index (χ1n) is 6.62. The summed E-state index contributed by atoms with van der Waals surface area (Å²) in [6.07, 6.45) is 4.88. The van der Waals surface area contributed by atoms with Crippen molar-refractivity contribution >= 4 is 23.3 Å². The molecule has 0 bridgehead atoms. The molecule has 1 saturated carbocycles. The number of hydrogen-bond donors (Lipinski definition) is 1. The molecule has 1 heterocycles. The molecule has 1 N–H and O–H groups in total. The topological polar surface area (TPSA) is 73.2 Å². The maximum atomic E-state index is 12.0. The number of nitrogens with zero attached hydrogens (tertiary/aromatic N) is 2. The Morgan fingerprint density at radius 1 is 1.60 bits per heavy atom. The standard InChI is InChI=1S/C13H18ClN3O3/c1-8-4-3-5-9(8)16-10-6-15-17(7-11(18)20-2)13(19)12(10)14/h6,8-9,16H,3-5,7H2,1-2H3. The van der Waals surface area contributed by atoms with Crippen LogP contribution in [0.1, 0.15) is 26.2 Å². The number of carbonyl (C=O) groups is 1. The van der Waals surface area contributed by atoms with Gasteiger partial charge in [-0.25, -0.2) is 4.68 Å². The Balaban J connectivity index is 2.18. The van der Waals surface area contributed by atoms with Crippen LogP contribution >= 0.6 is 11.6 Å². The van der Waals surface area contributed by atoms with Crippen molar-refractivity contribution in [1.29, 1.82) is 0 Å². The average Bonchev–Trinajstić information content (AvgIpc) is 2.83. The second-order valence-electron chi connectivity index (χ2n) is 5.07. The average molecular weight is 300 g/mol. The Morgan fingerprint density at radius 2 is 2.35 bits per heavy atom. The molecule has 1 aromatic rings. The molecule has 0 aliphatic heterocycles. The molecule has 0 amide bonds. The summed E-state index contributed by atoms with van der Waals surface area (Å²) in [4.78, 5) is 23.2. The molecule has 2 rings (SSSR count). The third-order valence-electron chi connectivity index (χ3n) is 3.69. The molecule has 1 aliphatic carbocycles. The number of esters is 1. The maximum Gasteiger partial charge on any atom is 0.327 e. The molecule has 2 unspecified atom stereocenters. The largest absolute Gasteiger partial charge is 0.468 e. The Morgan fingerprint density at radius 3 is 2.95 bits per heavy atom. The zero-order valence-corrected chi connectivity index (χ0v) is 12.3. The molecule has 6 nitrogen and oxygen atoms in total. The van der Waals surface area contributed by atoms with Crippen molar-refractivity contribution in [2.45, 2.75) is 38.8 Å². The maximum absolute atomic E-state index is 12.0. The van der Waals surface area contributed by atoms with Crippen molar-refractivity contribution in [1.82, 2.24) is 9.78 Å². The van der Waals surface area contributed by atoms with E-state index >= 15 is 0 Å². The Labute approximate surface area is 122 Å². The lowest BCUT2D eigenvalue weighted by molar-refractivity contribution is -0.141. The van der Waals surface area contributed by atoms with Crippen molar-refractivity contribution in [3.8, 4) is 0 Å². The minimum atomic E-state index is -0.541. The summed E-state index contributed by atoms with van der Waals surface area (Å²) in [5, 5.41) is 7.28. The summed E-state index contributed by atoms with van der Waals surface area (Å²) >= 11 is 6.06. The van der Waals surface area contributed by atoms with Gasteiger partial charge in [0.05, 0.1) is 19.0 Å². The number of halogens is 1. The van der Waals surface area contributed by atoms with Crippen LogP contribution in [-0.4, -0.2) is 28.9 Å². The van der Waals surface area contributed by atoms with Crippen LogP contribution in [0, 0.1) is 5.92 Å². The molecule has 2 atom stereocenters. The second-order valence-corrected chi connectivity index (χ2v) is 5.45. The van der Waals surface area contributed by atoms with Crippen LogP contribution < -0.4 is 10.9 Å². The van der Waals surface area contributed by atoms with Gasteiger partial charge in [-0.1, -0.05) is 24.9 Å². The van der Waals surface area contributed by atoms with Crippen molar-refractivity contribution in [2.24, 2.45) is 5.92 Å². The summed E-state index contributed by atoms with van der Waals surface area (Å²) in [5.74, 6) is 0.00404. The van der Waals surface area contributed by atoms with Crippen LogP contribution in [0.4, 0.5) is 5.69 Å². The number of methoxy groups -OCH3 is 1. The van der Waals surface area contributed by atoms with Crippen LogP contribution in [0.5, 0.6) is 0 Å². The van der Waals surface area contributed by atoms with E-state index in [1.54, 1.807) is 0 Å². The molecule has 1 aromatic heterocycles. The van der Waals surface area contributed by atoms with E-state index in [0.717, 1.165) is 11.1 Å². The van der Waals surface area contributed by atoms with Crippen molar-refractivity contribution in [2.75, 3.05) is 12.4 Å². The van der Waals surface area contributed by atoms with E-state index in [1.165, 1.54) is 26.1 Å². The summed E-state index contributed by atoms with van der Waals surface area (Å²) in [6, 6.07) is 0.310. The lowest BCUT2D eigenvalue weighted by Crippen LogP contribution is -2.30. The van der Waals surface area contributed by atoms with Gasteiger partial charge in [0, 0.05) is 6.04 Å². The van der Waals surface area contributed by atoms with Crippen molar-refractivity contribution < 1.29 is 9.53 Å².